The number of nitrogens with zero attached hydrogens (tertiary/aromatic N) is 1. The number of hydrogen-bond donors (Lipinski definition) is 1. The van der Waals surface area contributed by atoms with Crippen molar-refractivity contribution < 1.29 is 19.4 Å². The Bertz CT molecular complexity index is 392. The molecule has 1 atom stereocenters. The topological polar surface area (TPSA) is 68.7 Å². The van der Waals surface area contributed by atoms with Crippen LogP contribution in [0.1, 0.15) is 29.9 Å². The number of aromatic nitrogens is 1. The van der Waals surface area contributed by atoms with Crippen LogP contribution in [0.15, 0.2) is 12.3 Å². The first-order chi connectivity index (χ1) is 8.04. The molecule has 0 spiro atoms. The second-order valence-corrected chi connectivity index (χ2v) is 3.71. The predicted molar refractivity (Wildman–Crippen MR) is 62.5 cm³/mol. The Hall–Kier alpha value is -1.62. The number of carboxylic acids is 1. The maximum absolute atomic E-state index is 11.0. The third-order valence-corrected chi connectivity index (χ3v) is 2.12. The van der Waals surface area contributed by atoms with E-state index in [1.807, 2.05) is 13.8 Å². The normalized spacial score (nSPS) is 12.2. The zero-order valence-electron chi connectivity index (χ0n) is 10.3. The van der Waals surface area contributed by atoms with Gasteiger partial charge in [-0.25, -0.2) is 4.79 Å². The van der Waals surface area contributed by atoms with E-state index in [4.69, 9.17) is 14.6 Å². The van der Waals surface area contributed by atoms with Gasteiger partial charge in [0.05, 0.1) is 6.61 Å². The SMILES string of the molecule is CCOCC(C)Oc1cc(C)ncc1C(=O)O. The molecule has 0 saturated carbocycles. The molecular formula is C12H17NO4. The lowest BCUT2D eigenvalue weighted by Crippen LogP contribution is -2.20. The summed E-state index contributed by atoms with van der Waals surface area (Å²) in [6.45, 7) is 6.54. The average Bonchev–Trinajstić information content (AvgIpc) is 2.26. The molecule has 0 fully saturated rings. The Morgan fingerprint density at radius 2 is 2.29 bits per heavy atom. The Kier molecular flexibility index (Phi) is 4.90. The van der Waals surface area contributed by atoms with Crippen molar-refractivity contribution in [3.63, 3.8) is 0 Å². The van der Waals surface area contributed by atoms with Gasteiger partial charge in [-0.3, -0.25) is 4.98 Å². The maximum atomic E-state index is 11.0. The lowest BCUT2D eigenvalue weighted by molar-refractivity contribution is 0.0606. The molecule has 0 bridgehead atoms. The van der Waals surface area contributed by atoms with E-state index in [0.29, 0.717) is 24.7 Å². The van der Waals surface area contributed by atoms with Gasteiger partial charge in [-0.05, 0) is 20.8 Å². The van der Waals surface area contributed by atoms with E-state index >= 15 is 0 Å². The molecule has 0 aliphatic carbocycles. The molecule has 1 N–H and O–H groups in total. The summed E-state index contributed by atoms with van der Waals surface area (Å²) >= 11 is 0. The van der Waals surface area contributed by atoms with Crippen molar-refractivity contribution in [2.75, 3.05) is 13.2 Å². The molecule has 5 heteroatoms. The van der Waals surface area contributed by atoms with Gasteiger partial charge in [0.25, 0.3) is 0 Å². The highest BCUT2D eigenvalue weighted by Crippen LogP contribution is 2.20. The molecule has 0 aromatic carbocycles. The van der Waals surface area contributed by atoms with Gasteiger partial charge in [-0.15, -0.1) is 0 Å². The van der Waals surface area contributed by atoms with Crippen molar-refractivity contribution >= 4 is 5.97 Å². The number of hydrogen-bond acceptors (Lipinski definition) is 4. The Morgan fingerprint density at radius 1 is 1.59 bits per heavy atom. The van der Waals surface area contributed by atoms with Crippen LogP contribution in [-0.2, 0) is 4.74 Å². The van der Waals surface area contributed by atoms with E-state index in [1.54, 1.807) is 13.0 Å². The molecule has 17 heavy (non-hydrogen) atoms. The van der Waals surface area contributed by atoms with Gasteiger partial charge in [0, 0.05) is 24.6 Å². The summed E-state index contributed by atoms with van der Waals surface area (Å²) in [5.74, 6) is -0.715. The van der Waals surface area contributed by atoms with Gasteiger partial charge < -0.3 is 14.6 Å². The maximum Gasteiger partial charge on any atom is 0.341 e. The first-order valence-corrected chi connectivity index (χ1v) is 5.49. The minimum Gasteiger partial charge on any atom is -0.487 e. The van der Waals surface area contributed by atoms with Crippen LogP contribution in [0.3, 0.4) is 0 Å². The van der Waals surface area contributed by atoms with Crippen molar-refractivity contribution in [1.29, 1.82) is 0 Å². The summed E-state index contributed by atoms with van der Waals surface area (Å²) in [5, 5.41) is 8.99. The summed E-state index contributed by atoms with van der Waals surface area (Å²) < 4.78 is 10.8. The fraction of sp³-hybridized carbons (Fsp3) is 0.500. The second-order valence-electron chi connectivity index (χ2n) is 3.71. The van der Waals surface area contributed by atoms with Crippen LogP contribution < -0.4 is 4.74 Å². The molecule has 0 aliphatic rings. The first-order valence-electron chi connectivity index (χ1n) is 5.49. The van der Waals surface area contributed by atoms with Gasteiger partial charge >= 0.3 is 5.97 Å². The van der Waals surface area contributed by atoms with Gasteiger partial charge in [0.1, 0.15) is 17.4 Å². The number of carbonyl (C=O) groups is 1. The van der Waals surface area contributed by atoms with Crippen LogP contribution in [0.4, 0.5) is 0 Å². The quantitative estimate of drug-likeness (QED) is 0.821. The van der Waals surface area contributed by atoms with Crippen molar-refractivity contribution in [3.8, 4) is 5.75 Å². The molecule has 0 amide bonds. The minimum atomic E-state index is -1.05. The van der Waals surface area contributed by atoms with Crippen molar-refractivity contribution in [2.45, 2.75) is 26.9 Å². The molecule has 1 rings (SSSR count). The summed E-state index contributed by atoms with van der Waals surface area (Å²) in [7, 11) is 0. The van der Waals surface area contributed by atoms with E-state index in [0.717, 1.165) is 0 Å². The van der Waals surface area contributed by atoms with Crippen LogP contribution >= 0.6 is 0 Å². The van der Waals surface area contributed by atoms with Gasteiger partial charge in [-0.1, -0.05) is 0 Å². The highest BCUT2D eigenvalue weighted by Gasteiger charge is 2.14. The summed E-state index contributed by atoms with van der Waals surface area (Å²) in [4.78, 5) is 14.9. The molecule has 1 heterocycles. The highest BCUT2D eigenvalue weighted by atomic mass is 16.5. The number of aromatic carboxylic acids is 1. The van der Waals surface area contributed by atoms with Crippen molar-refractivity contribution in [1.82, 2.24) is 4.98 Å². The van der Waals surface area contributed by atoms with Crippen LogP contribution in [0, 0.1) is 6.92 Å². The van der Waals surface area contributed by atoms with E-state index in [9.17, 15) is 4.79 Å². The molecule has 5 nitrogen and oxygen atoms in total. The summed E-state index contributed by atoms with van der Waals surface area (Å²) in [6.07, 6.45) is 1.11. The predicted octanol–water partition coefficient (Wildman–Crippen LogP) is 1.89. The van der Waals surface area contributed by atoms with Gasteiger partial charge in [0.2, 0.25) is 0 Å². The second kappa shape index (κ2) is 6.20. The highest BCUT2D eigenvalue weighted by molar-refractivity contribution is 5.90. The largest absolute Gasteiger partial charge is 0.487 e. The number of carboxylic acid groups (broad SMARTS) is 1. The fourth-order valence-corrected chi connectivity index (χ4v) is 1.33. The number of pyridine rings is 1. The van der Waals surface area contributed by atoms with E-state index in [1.165, 1.54) is 6.20 Å². The molecule has 0 aliphatic heterocycles. The average molecular weight is 239 g/mol. The lowest BCUT2D eigenvalue weighted by Gasteiger charge is -2.16. The number of aryl methyl sites for hydroxylation is 1. The molecule has 94 valence electrons. The molecule has 1 unspecified atom stereocenters. The molecule has 0 radical (unpaired) electrons. The zero-order chi connectivity index (χ0) is 12.8. The van der Waals surface area contributed by atoms with E-state index in [-0.39, 0.29) is 11.7 Å². The minimum absolute atomic E-state index is 0.0685. The van der Waals surface area contributed by atoms with Crippen molar-refractivity contribution in [2.24, 2.45) is 0 Å². The van der Waals surface area contributed by atoms with Crippen molar-refractivity contribution in [3.05, 3.63) is 23.5 Å². The fourth-order valence-electron chi connectivity index (χ4n) is 1.33. The zero-order valence-corrected chi connectivity index (χ0v) is 10.3. The smallest absolute Gasteiger partial charge is 0.341 e. The molecule has 1 aromatic rings. The summed E-state index contributed by atoms with van der Waals surface area (Å²) in [5.41, 5.74) is 0.785. The summed E-state index contributed by atoms with van der Waals surface area (Å²) in [6, 6.07) is 1.62. The van der Waals surface area contributed by atoms with Crippen LogP contribution in [0.2, 0.25) is 0 Å². The van der Waals surface area contributed by atoms with Crippen LogP contribution in [-0.4, -0.2) is 35.4 Å². The number of ether oxygens (including phenoxy) is 2. The number of rotatable bonds is 6. The van der Waals surface area contributed by atoms with Crippen LogP contribution in [0.5, 0.6) is 5.75 Å². The Labute approximate surface area is 100 Å². The Morgan fingerprint density at radius 3 is 2.88 bits per heavy atom. The monoisotopic (exact) mass is 239 g/mol. The molecular weight excluding hydrogens is 222 g/mol. The third-order valence-electron chi connectivity index (χ3n) is 2.12. The first kappa shape index (κ1) is 13.4. The standard InChI is InChI=1S/C12H17NO4/c1-4-16-7-9(3)17-11-5-8(2)13-6-10(11)12(14)15/h5-6,9H,4,7H2,1-3H3,(H,14,15). The van der Waals surface area contributed by atoms with E-state index in [2.05, 4.69) is 4.98 Å². The third kappa shape index (κ3) is 4.03. The van der Waals surface area contributed by atoms with Crippen LogP contribution in [0.25, 0.3) is 0 Å². The molecule has 0 saturated heterocycles. The Balaban J connectivity index is 2.81. The van der Waals surface area contributed by atoms with Gasteiger partial charge in [-0.2, -0.15) is 0 Å². The molecule has 1 aromatic heterocycles. The van der Waals surface area contributed by atoms with Gasteiger partial charge in [0.15, 0.2) is 0 Å². The lowest BCUT2D eigenvalue weighted by atomic mass is 10.2. The van der Waals surface area contributed by atoms with E-state index < -0.39 is 5.97 Å².